The van der Waals surface area contributed by atoms with E-state index in [9.17, 15) is 9.59 Å². The monoisotopic (exact) mass is 482 g/mol. The fraction of sp³-hybridized carbons (Fsp3) is 0.0588. The molecule has 3 rings (SSSR count). The molecule has 0 bridgehead atoms. The Morgan fingerprint density at radius 3 is 2.70 bits per heavy atom. The normalized spacial score (nSPS) is 10.5. The summed E-state index contributed by atoms with van der Waals surface area (Å²) in [6, 6.07) is 10.4. The molecule has 3 aromatic rings. The minimum Gasteiger partial charge on any atom is -0.326 e. The van der Waals surface area contributed by atoms with Crippen LogP contribution in [-0.4, -0.2) is 21.9 Å². The SMILES string of the molecule is CC(=O)Nc1ccc2nc(NC(=S)NC(=O)c3cc(Br)ccc3Cl)sc2c1. The Labute approximate surface area is 177 Å². The van der Waals surface area contributed by atoms with Crippen LogP contribution in [0.15, 0.2) is 40.9 Å². The van der Waals surface area contributed by atoms with Crippen molar-refractivity contribution in [1.29, 1.82) is 0 Å². The lowest BCUT2D eigenvalue weighted by molar-refractivity contribution is -0.114. The average molecular weight is 484 g/mol. The molecule has 10 heteroatoms. The maximum Gasteiger partial charge on any atom is 0.258 e. The van der Waals surface area contributed by atoms with Crippen molar-refractivity contribution in [3.05, 3.63) is 51.5 Å². The molecule has 0 radical (unpaired) electrons. The van der Waals surface area contributed by atoms with Gasteiger partial charge in [0.1, 0.15) is 0 Å². The number of thiazole rings is 1. The van der Waals surface area contributed by atoms with Crippen molar-refractivity contribution >= 4 is 89.0 Å². The van der Waals surface area contributed by atoms with Crippen LogP contribution in [0.1, 0.15) is 17.3 Å². The predicted octanol–water partition coefficient (Wildman–Crippen LogP) is 4.80. The molecule has 0 aliphatic heterocycles. The van der Waals surface area contributed by atoms with Crippen molar-refractivity contribution in [3.63, 3.8) is 0 Å². The molecule has 0 spiro atoms. The van der Waals surface area contributed by atoms with Crippen LogP contribution in [0, 0.1) is 0 Å². The largest absolute Gasteiger partial charge is 0.326 e. The highest BCUT2D eigenvalue weighted by molar-refractivity contribution is 9.10. The molecular formula is C17H12BrClN4O2S2. The van der Waals surface area contributed by atoms with E-state index in [0.717, 1.165) is 14.7 Å². The molecule has 0 saturated carbocycles. The van der Waals surface area contributed by atoms with Crippen LogP contribution in [0.5, 0.6) is 0 Å². The molecule has 6 nitrogen and oxygen atoms in total. The molecule has 138 valence electrons. The minimum atomic E-state index is -0.423. The van der Waals surface area contributed by atoms with E-state index < -0.39 is 5.91 Å². The number of carbonyl (C=O) groups excluding carboxylic acids is 2. The van der Waals surface area contributed by atoms with Gasteiger partial charge >= 0.3 is 0 Å². The van der Waals surface area contributed by atoms with Crippen LogP contribution < -0.4 is 16.0 Å². The number of nitrogens with zero attached hydrogens (tertiary/aromatic N) is 1. The Bertz CT molecular complexity index is 1070. The molecule has 0 saturated heterocycles. The maximum atomic E-state index is 12.3. The molecule has 3 N–H and O–H groups in total. The number of rotatable bonds is 3. The van der Waals surface area contributed by atoms with Gasteiger partial charge in [-0.2, -0.15) is 0 Å². The van der Waals surface area contributed by atoms with Gasteiger partial charge in [0, 0.05) is 17.1 Å². The summed E-state index contributed by atoms with van der Waals surface area (Å²) < 4.78 is 1.60. The van der Waals surface area contributed by atoms with E-state index in [2.05, 4.69) is 36.9 Å². The fourth-order valence-electron chi connectivity index (χ4n) is 2.23. The molecule has 0 fully saturated rings. The third-order valence-corrected chi connectivity index (χ3v) is 5.29. The summed E-state index contributed by atoms with van der Waals surface area (Å²) in [5.41, 5.74) is 1.74. The predicted molar refractivity (Wildman–Crippen MR) is 117 cm³/mol. The van der Waals surface area contributed by atoms with Crippen LogP contribution in [0.4, 0.5) is 10.8 Å². The van der Waals surface area contributed by atoms with Crippen molar-refractivity contribution in [1.82, 2.24) is 10.3 Å². The number of benzene rings is 2. The molecule has 0 aliphatic rings. The molecule has 0 atom stereocenters. The van der Waals surface area contributed by atoms with Gasteiger partial charge in [-0.3, -0.25) is 14.9 Å². The number of hydrogen-bond donors (Lipinski definition) is 3. The molecule has 2 amide bonds. The summed E-state index contributed by atoms with van der Waals surface area (Å²) in [5.74, 6) is -0.569. The summed E-state index contributed by atoms with van der Waals surface area (Å²) in [6.07, 6.45) is 0. The van der Waals surface area contributed by atoms with Gasteiger partial charge in [-0.05, 0) is 48.6 Å². The van der Waals surface area contributed by atoms with E-state index in [1.807, 2.05) is 6.07 Å². The first-order valence-corrected chi connectivity index (χ1v) is 9.97. The summed E-state index contributed by atoms with van der Waals surface area (Å²) >= 11 is 15.9. The van der Waals surface area contributed by atoms with E-state index in [0.29, 0.717) is 21.4 Å². The topological polar surface area (TPSA) is 83.1 Å². The number of hydrogen-bond acceptors (Lipinski definition) is 5. The van der Waals surface area contributed by atoms with E-state index in [1.165, 1.54) is 18.3 Å². The Balaban J connectivity index is 1.71. The molecule has 0 aliphatic carbocycles. The van der Waals surface area contributed by atoms with Crippen molar-refractivity contribution < 1.29 is 9.59 Å². The number of carbonyl (C=O) groups is 2. The Morgan fingerprint density at radius 1 is 1.19 bits per heavy atom. The summed E-state index contributed by atoms with van der Waals surface area (Å²) in [6.45, 7) is 1.45. The first kappa shape index (κ1) is 19.7. The van der Waals surface area contributed by atoms with Gasteiger partial charge < -0.3 is 10.6 Å². The second-order valence-electron chi connectivity index (χ2n) is 5.42. The zero-order chi connectivity index (χ0) is 19.6. The lowest BCUT2D eigenvalue weighted by Gasteiger charge is -2.08. The summed E-state index contributed by atoms with van der Waals surface area (Å²) in [7, 11) is 0. The van der Waals surface area contributed by atoms with Crippen molar-refractivity contribution in [2.24, 2.45) is 0 Å². The van der Waals surface area contributed by atoms with Crippen molar-refractivity contribution in [2.45, 2.75) is 6.92 Å². The third kappa shape index (κ3) is 5.01. The second-order valence-corrected chi connectivity index (χ2v) is 8.18. The summed E-state index contributed by atoms with van der Waals surface area (Å²) in [4.78, 5) is 27.9. The number of anilines is 2. The number of amides is 2. The van der Waals surface area contributed by atoms with Crippen LogP contribution in [0.3, 0.4) is 0 Å². The molecule has 2 aromatic carbocycles. The zero-order valence-corrected chi connectivity index (χ0v) is 17.8. The standard InChI is InChI=1S/C17H12BrClN4O2S2/c1-8(24)20-10-3-5-13-14(7-10)27-17(21-13)23-16(26)22-15(25)11-6-9(18)2-4-12(11)19/h2-7H,1H3,(H,20,24)(H2,21,22,23,25,26). The van der Waals surface area contributed by atoms with Crippen LogP contribution in [0.2, 0.25) is 5.02 Å². The Kier molecular flexibility index (Phi) is 6.05. The number of halogens is 2. The molecule has 0 unspecified atom stereocenters. The van der Waals surface area contributed by atoms with Gasteiger partial charge in [-0.1, -0.05) is 38.9 Å². The van der Waals surface area contributed by atoms with Gasteiger partial charge in [-0.15, -0.1) is 0 Å². The first-order chi connectivity index (χ1) is 12.8. The molecule has 1 heterocycles. The van der Waals surface area contributed by atoms with Crippen molar-refractivity contribution in [3.8, 4) is 0 Å². The second kappa shape index (κ2) is 8.30. The lowest BCUT2D eigenvalue weighted by Crippen LogP contribution is -2.34. The van der Waals surface area contributed by atoms with E-state index in [4.69, 9.17) is 23.8 Å². The Morgan fingerprint density at radius 2 is 1.96 bits per heavy atom. The summed E-state index contributed by atoms with van der Waals surface area (Å²) in [5, 5.41) is 9.15. The lowest BCUT2D eigenvalue weighted by atomic mass is 10.2. The van der Waals surface area contributed by atoms with Gasteiger partial charge in [0.25, 0.3) is 5.91 Å². The molecule has 27 heavy (non-hydrogen) atoms. The fourth-order valence-corrected chi connectivity index (χ4v) is 3.96. The third-order valence-electron chi connectivity index (χ3n) is 3.33. The van der Waals surface area contributed by atoms with Gasteiger partial charge in [0.2, 0.25) is 5.91 Å². The highest BCUT2D eigenvalue weighted by Gasteiger charge is 2.14. The molecular weight excluding hydrogens is 472 g/mol. The van der Waals surface area contributed by atoms with Gasteiger partial charge in [-0.25, -0.2) is 4.98 Å². The van der Waals surface area contributed by atoms with Crippen molar-refractivity contribution in [2.75, 3.05) is 10.6 Å². The number of aromatic nitrogens is 1. The smallest absolute Gasteiger partial charge is 0.258 e. The molecule has 1 aromatic heterocycles. The van der Waals surface area contributed by atoms with Crippen LogP contribution in [-0.2, 0) is 4.79 Å². The van der Waals surface area contributed by atoms with E-state index in [-0.39, 0.29) is 11.0 Å². The average Bonchev–Trinajstić information content (AvgIpc) is 2.97. The highest BCUT2D eigenvalue weighted by Crippen LogP contribution is 2.28. The zero-order valence-electron chi connectivity index (χ0n) is 13.8. The number of fused-ring (bicyclic) bond motifs is 1. The number of thiocarbonyl (C=S) groups is 1. The van der Waals surface area contributed by atoms with Gasteiger partial charge in [0.05, 0.1) is 20.8 Å². The number of nitrogens with one attached hydrogen (secondary N) is 3. The van der Waals surface area contributed by atoms with E-state index in [1.54, 1.807) is 30.3 Å². The quantitative estimate of drug-likeness (QED) is 0.466. The van der Waals surface area contributed by atoms with Crippen LogP contribution in [0.25, 0.3) is 10.2 Å². The minimum absolute atomic E-state index is 0.109. The highest BCUT2D eigenvalue weighted by atomic mass is 79.9. The first-order valence-electron chi connectivity index (χ1n) is 7.57. The van der Waals surface area contributed by atoms with Gasteiger partial charge in [0.15, 0.2) is 10.2 Å². The Hall–Kier alpha value is -2.07. The van der Waals surface area contributed by atoms with Crippen LogP contribution >= 0.6 is 51.1 Å². The van der Waals surface area contributed by atoms with E-state index >= 15 is 0 Å². The maximum absolute atomic E-state index is 12.3.